The van der Waals surface area contributed by atoms with Crippen LogP contribution in [0.3, 0.4) is 0 Å². The summed E-state index contributed by atoms with van der Waals surface area (Å²) in [4.78, 5) is 15.3. The largest absolute Gasteiger partial charge is 0.478 e. The van der Waals surface area contributed by atoms with Crippen LogP contribution in [0.4, 0.5) is 5.82 Å². The topological polar surface area (TPSA) is 106 Å². The van der Waals surface area contributed by atoms with Gasteiger partial charge in [0.2, 0.25) is 0 Å². The molecule has 100 valence electrons. The van der Waals surface area contributed by atoms with E-state index in [1.165, 1.54) is 0 Å². The van der Waals surface area contributed by atoms with Crippen molar-refractivity contribution >= 4 is 11.8 Å². The summed E-state index contributed by atoms with van der Waals surface area (Å²) >= 11 is 0. The molecule has 2 N–H and O–H groups in total. The summed E-state index contributed by atoms with van der Waals surface area (Å²) in [5, 5.41) is 24.0. The SMILES string of the molecule is Cc1nnc(NCc2ncn(C)n2)c(C(=O)O)c1C. The fourth-order valence-electron chi connectivity index (χ4n) is 1.62. The normalized spacial score (nSPS) is 10.5. The molecule has 2 heterocycles. The van der Waals surface area contributed by atoms with E-state index < -0.39 is 5.97 Å². The van der Waals surface area contributed by atoms with Gasteiger partial charge in [-0.15, -0.1) is 5.10 Å². The van der Waals surface area contributed by atoms with Crippen LogP contribution in [0, 0.1) is 13.8 Å². The Labute approximate surface area is 109 Å². The third kappa shape index (κ3) is 2.67. The number of hydrogen-bond acceptors (Lipinski definition) is 6. The summed E-state index contributed by atoms with van der Waals surface area (Å²) in [5.41, 5.74) is 1.32. The van der Waals surface area contributed by atoms with Crippen molar-refractivity contribution in [2.24, 2.45) is 7.05 Å². The van der Waals surface area contributed by atoms with E-state index in [1.807, 2.05) is 0 Å². The molecule has 2 aromatic heterocycles. The molecule has 8 heteroatoms. The molecule has 0 unspecified atom stereocenters. The van der Waals surface area contributed by atoms with Gasteiger partial charge in [0.05, 0.1) is 12.2 Å². The van der Waals surface area contributed by atoms with E-state index in [0.29, 0.717) is 17.1 Å². The zero-order chi connectivity index (χ0) is 14.0. The van der Waals surface area contributed by atoms with Crippen molar-refractivity contribution in [3.63, 3.8) is 0 Å². The third-order valence-corrected chi connectivity index (χ3v) is 2.73. The lowest BCUT2D eigenvalue weighted by Gasteiger charge is -2.09. The highest BCUT2D eigenvalue weighted by molar-refractivity contribution is 5.94. The Morgan fingerprint density at radius 1 is 1.42 bits per heavy atom. The molecule has 0 saturated carbocycles. The molecule has 2 rings (SSSR count). The standard InChI is InChI=1S/C11H14N6O2/c1-6-7(2)14-15-10(9(6)11(18)19)12-4-8-13-5-17(3)16-8/h5H,4H2,1-3H3,(H,12,15)(H,18,19). The smallest absolute Gasteiger partial charge is 0.339 e. The van der Waals surface area contributed by atoms with Gasteiger partial charge in [0.15, 0.2) is 11.6 Å². The minimum absolute atomic E-state index is 0.128. The van der Waals surface area contributed by atoms with E-state index in [0.717, 1.165) is 0 Å². The van der Waals surface area contributed by atoms with Gasteiger partial charge < -0.3 is 10.4 Å². The van der Waals surface area contributed by atoms with Gasteiger partial charge in [-0.3, -0.25) is 4.68 Å². The van der Waals surface area contributed by atoms with Crippen LogP contribution in [-0.4, -0.2) is 36.0 Å². The van der Waals surface area contributed by atoms with Crippen molar-refractivity contribution in [2.75, 3.05) is 5.32 Å². The quantitative estimate of drug-likeness (QED) is 0.827. The molecule has 0 aliphatic carbocycles. The predicted octanol–water partition coefficient (Wildman–Crippen LogP) is 0.532. The van der Waals surface area contributed by atoms with Crippen molar-refractivity contribution in [2.45, 2.75) is 20.4 Å². The van der Waals surface area contributed by atoms with Crippen LogP contribution in [0.15, 0.2) is 6.33 Å². The number of aromatic nitrogens is 5. The lowest BCUT2D eigenvalue weighted by molar-refractivity contribution is 0.0696. The summed E-state index contributed by atoms with van der Waals surface area (Å²) < 4.78 is 1.57. The number of aromatic carboxylic acids is 1. The molecule has 0 saturated heterocycles. The Bertz CT molecular complexity index is 622. The molecule has 0 aliphatic heterocycles. The van der Waals surface area contributed by atoms with Crippen LogP contribution in [0.25, 0.3) is 0 Å². The first kappa shape index (κ1) is 12.9. The number of carbonyl (C=O) groups is 1. The van der Waals surface area contributed by atoms with Crippen molar-refractivity contribution in [1.29, 1.82) is 0 Å². The second kappa shape index (κ2) is 5.01. The van der Waals surface area contributed by atoms with Gasteiger partial charge in [-0.05, 0) is 19.4 Å². The van der Waals surface area contributed by atoms with E-state index in [2.05, 4.69) is 25.6 Å². The van der Waals surface area contributed by atoms with Crippen LogP contribution in [0.1, 0.15) is 27.4 Å². The van der Waals surface area contributed by atoms with Crippen molar-refractivity contribution in [3.8, 4) is 0 Å². The van der Waals surface area contributed by atoms with E-state index in [9.17, 15) is 9.90 Å². The number of carboxylic acids is 1. The first-order chi connectivity index (χ1) is 8.99. The number of nitrogens with zero attached hydrogens (tertiary/aromatic N) is 5. The Kier molecular flexibility index (Phi) is 3.41. The first-order valence-electron chi connectivity index (χ1n) is 5.64. The van der Waals surface area contributed by atoms with E-state index >= 15 is 0 Å². The average molecular weight is 262 g/mol. The van der Waals surface area contributed by atoms with E-state index in [-0.39, 0.29) is 17.9 Å². The number of carboxylic acid groups (broad SMARTS) is 1. The Balaban J connectivity index is 2.25. The summed E-state index contributed by atoms with van der Waals surface area (Å²) in [6.07, 6.45) is 1.57. The molecule has 0 spiro atoms. The monoisotopic (exact) mass is 262 g/mol. The Morgan fingerprint density at radius 3 is 2.74 bits per heavy atom. The second-order valence-electron chi connectivity index (χ2n) is 4.13. The summed E-state index contributed by atoms with van der Waals surface area (Å²) in [7, 11) is 1.76. The number of rotatable bonds is 4. The molecule has 0 bridgehead atoms. The third-order valence-electron chi connectivity index (χ3n) is 2.73. The van der Waals surface area contributed by atoms with Crippen molar-refractivity contribution in [3.05, 3.63) is 29.0 Å². The van der Waals surface area contributed by atoms with Crippen LogP contribution >= 0.6 is 0 Å². The molecule has 8 nitrogen and oxygen atoms in total. The number of anilines is 1. The highest BCUT2D eigenvalue weighted by atomic mass is 16.4. The maximum Gasteiger partial charge on any atom is 0.339 e. The van der Waals surface area contributed by atoms with Gasteiger partial charge >= 0.3 is 5.97 Å². The van der Waals surface area contributed by atoms with Gasteiger partial charge in [-0.2, -0.15) is 10.2 Å². The lowest BCUT2D eigenvalue weighted by Crippen LogP contribution is -2.13. The van der Waals surface area contributed by atoms with Crippen molar-refractivity contribution < 1.29 is 9.90 Å². The lowest BCUT2D eigenvalue weighted by atomic mass is 10.1. The van der Waals surface area contributed by atoms with Crippen molar-refractivity contribution in [1.82, 2.24) is 25.0 Å². The zero-order valence-corrected chi connectivity index (χ0v) is 10.9. The number of aryl methyl sites for hydroxylation is 2. The number of nitrogens with one attached hydrogen (secondary N) is 1. The molecule has 0 radical (unpaired) electrons. The van der Waals surface area contributed by atoms with Gasteiger partial charge in [0.25, 0.3) is 0 Å². The molecule has 0 aromatic carbocycles. The van der Waals surface area contributed by atoms with E-state index in [4.69, 9.17) is 0 Å². The van der Waals surface area contributed by atoms with Gasteiger partial charge in [-0.1, -0.05) is 0 Å². The van der Waals surface area contributed by atoms with Crippen LogP contribution in [0.5, 0.6) is 0 Å². The molecule has 0 fully saturated rings. The zero-order valence-electron chi connectivity index (χ0n) is 10.9. The fourth-order valence-corrected chi connectivity index (χ4v) is 1.62. The summed E-state index contributed by atoms with van der Waals surface area (Å²) in [5.74, 6) is -0.256. The van der Waals surface area contributed by atoms with Gasteiger partial charge in [0.1, 0.15) is 11.9 Å². The van der Waals surface area contributed by atoms with Gasteiger partial charge in [0, 0.05) is 7.05 Å². The number of hydrogen-bond donors (Lipinski definition) is 2. The van der Waals surface area contributed by atoms with Crippen LogP contribution in [-0.2, 0) is 13.6 Å². The minimum atomic E-state index is -1.04. The molecule has 0 atom stereocenters. The molecule has 19 heavy (non-hydrogen) atoms. The molecule has 2 aromatic rings. The highest BCUT2D eigenvalue weighted by Crippen LogP contribution is 2.18. The van der Waals surface area contributed by atoms with E-state index in [1.54, 1.807) is 31.9 Å². The first-order valence-corrected chi connectivity index (χ1v) is 5.64. The Morgan fingerprint density at radius 2 is 2.16 bits per heavy atom. The Hall–Kier alpha value is -2.51. The van der Waals surface area contributed by atoms with Crippen LogP contribution in [0.2, 0.25) is 0 Å². The molecule has 0 aliphatic rings. The second-order valence-corrected chi connectivity index (χ2v) is 4.13. The summed E-state index contributed by atoms with van der Waals surface area (Å²) in [6, 6.07) is 0. The van der Waals surface area contributed by atoms with Crippen LogP contribution < -0.4 is 5.32 Å². The fraction of sp³-hybridized carbons (Fsp3) is 0.364. The molecular formula is C11H14N6O2. The average Bonchev–Trinajstić information content (AvgIpc) is 2.76. The maximum atomic E-state index is 11.3. The molecule has 0 amide bonds. The van der Waals surface area contributed by atoms with Gasteiger partial charge in [-0.25, -0.2) is 9.78 Å². The predicted molar refractivity (Wildman–Crippen MR) is 66.8 cm³/mol. The minimum Gasteiger partial charge on any atom is -0.478 e. The summed E-state index contributed by atoms with van der Waals surface area (Å²) in [6.45, 7) is 3.72. The molecular weight excluding hydrogens is 248 g/mol. The maximum absolute atomic E-state index is 11.3. The highest BCUT2D eigenvalue weighted by Gasteiger charge is 2.17.